The van der Waals surface area contributed by atoms with Crippen LogP contribution in [0.1, 0.15) is 25.6 Å². The molecule has 114 valence electrons. The lowest BCUT2D eigenvalue weighted by atomic mass is 10.2. The molecule has 0 radical (unpaired) electrons. The molecule has 0 aliphatic rings. The Morgan fingerprint density at radius 3 is 2.48 bits per heavy atom. The van der Waals surface area contributed by atoms with E-state index in [2.05, 4.69) is 30.9 Å². The summed E-state index contributed by atoms with van der Waals surface area (Å²) in [5.41, 5.74) is 0.537. The first-order valence-corrected chi connectivity index (χ1v) is 7.02. The van der Waals surface area contributed by atoms with Crippen LogP contribution in [-0.4, -0.2) is 21.1 Å². The third-order valence-corrected chi connectivity index (χ3v) is 3.43. The normalized spacial score (nSPS) is 12.0. The van der Waals surface area contributed by atoms with Gasteiger partial charge in [0, 0.05) is 5.92 Å². The van der Waals surface area contributed by atoms with E-state index in [1.54, 1.807) is 4.57 Å². The van der Waals surface area contributed by atoms with E-state index in [9.17, 15) is 13.2 Å². The molecule has 0 unspecified atom stereocenters. The quantitative estimate of drug-likeness (QED) is 0.770. The molecule has 21 heavy (non-hydrogen) atoms. The minimum atomic E-state index is -4.75. The topological polar surface area (TPSA) is 39.9 Å². The first-order chi connectivity index (χ1) is 9.69. The lowest BCUT2D eigenvalue weighted by Crippen LogP contribution is -2.17. The average Bonchev–Trinajstić information content (AvgIpc) is 2.72. The summed E-state index contributed by atoms with van der Waals surface area (Å²) in [6.45, 7) is 3.82. The smallest absolute Gasteiger partial charge is 0.405 e. The second kappa shape index (κ2) is 5.84. The molecule has 0 saturated heterocycles. The van der Waals surface area contributed by atoms with Gasteiger partial charge in [-0.2, -0.15) is 0 Å². The van der Waals surface area contributed by atoms with Gasteiger partial charge in [-0.25, -0.2) is 0 Å². The molecule has 1 aromatic carbocycles. The Bertz CT molecular complexity index is 658. The van der Waals surface area contributed by atoms with Gasteiger partial charge >= 0.3 is 6.36 Å². The van der Waals surface area contributed by atoms with Gasteiger partial charge in [-0.15, -0.1) is 23.4 Å². The van der Waals surface area contributed by atoms with Crippen molar-refractivity contribution in [3.8, 4) is 11.4 Å². The molecule has 0 bridgehead atoms. The van der Waals surface area contributed by atoms with Crippen LogP contribution < -0.4 is 4.74 Å². The third-order valence-electron chi connectivity index (χ3n) is 2.56. The number of hydrogen-bond donors (Lipinski definition) is 0. The summed E-state index contributed by atoms with van der Waals surface area (Å²) in [5, 5.41) is 7.87. The van der Waals surface area contributed by atoms with Crippen LogP contribution in [0.15, 0.2) is 22.7 Å². The molecule has 0 aliphatic carbocycles. The zero-order valence-electron chi connectivity index (χ0n) is 10.9. The van der Waals surface area contributed by atoms with Crippen LogP contribution in [0.25, 0.3) is 5.69 Å². The fourth-order valence-corrected chi connectivity index (χ4v) is 2.39. The van der Waals surface area contributed by atoms with Crippen molar-refractivity contribution >= 4 is 27.5 Å². The number of benzene rings is 1. The minimum absolute atomic E-state index is 0.0508. The third kappa shape index (κ3) is 3.68. The summed E-state index contributed by atoms with van der Waals surface area (Å²) in [4.78, 5) is 0. The Hall–Kier alpha value is -1.28. The van der Waals surface area contributed by atoms with Crippen LogP contribution >= 0.6 is 27.5 Å². The first-order valence-electron chi connectivity index (χ1n) is 5.85. The summed E-state index contributed by atoms with van der Waals surface area (Å²) in [7, 11) is 0. The molecule has 1 aromatic heterocycles. The molecule has 9 heteroatoms. The first kappa shape index (κ1) is 16.1. The van der Waals surface area contributed by atoms with Gasteiger partial charge in [0.15, 0.2) is 0 Å². The van der Waals surface area contributed by atoms with Crippen LogP contribution in [0, 0.1) is 0 Å². The standard InChI is InChI=1S/C12H10BrClF3N3O/c1-6(2)10-18-19-11(14)20(10)7-3-4-9(8(13)5-7)21-12(15,16)17/h3-6H,1-2H3. The lowest BCUT2D eigenvalue weighted by molar-refractivity contribution is -0.274. The predicted octanol–water partition coefficient (Wildman–Crippen LogP) is 4.71. The molecule has 0 atom stereocenters. The highest BCUT2D eigenvalue weighted by molar-refractivity contribution is 9.10. The fraction of sp³-hybridized carbons (Fsp3) is 0.333. The second-order valence-corrected chi connectivity index (χ2v) is 5.67. The Morgan fingerprint density at radius 1 is 1.29 bits per heavy atom. The molecule has 2 rings (SSSR count). The summed E-state index contributed by atoms with van der Waals surface area (Å²) in [6.07, 6.45) is -4.75. The van der Waals surface area contributed by atoms with Crippen LogP contribution in [0.5, 0.6) is 5.75 Å². The van der Waals surface area contributed by atoms with Crippen molar-refractivity contribution in [1.29, 1.82) is 0 Å². The molecule has 2 aromatic rings. The van der Waals surface area contributed by atoms with Gasteiger partial charge in [-0.1, -0.05) is 13.8 Å². The number of ether oxygens (including phenoxy) is 1. The van der Waals surface area contributed by atoms with Crippen LogP contribution in [0.4, 0.5) is 13.2 Å². The Kier molecular flexibility index (Phi) is 4.48. The van der Waals surface area contributed by atoms with Crippen LogP contribution in [0.3, 0.4) is 0 Å². The van der Waals surface area contributed by atoms with Crippen molar-refractivity contribution in [1.82, 2.24) is 14.8 Å². The van der Waals surface area contributed by atoms with Gasteiger partial charge in [-0.3, -0.25) is 4.57 Å². The van der Waals surface area contributed by atoms with Crippen LogP contribution in [0.2, 0.25) is 5.28 Å². The van der Waals surface area contributed by atoms with Gasteiger partial charge in [0.1, 0.15) is 11.6 Å². The highest BCUT2D eigenvalue weighted by atomic mass is 79.9. The molecule has 0 amide bonds. The van der Waals surface area contributed by atoms with E-state index in [1.807, 2.05) is 13.8 Å². The summed E-state index contributed by atoms with van der Waals surface area (Å²) in [5.74, 6) is 0.327. The summed E-state index contributed by atoms with van der Waals surface area (Å²) >= 11 is 9.03. The van der Waals surface area contributed by atoms with E-state index in [4.69, 9.17) is 11.6 Å². The van der Waals surface area contributed by atoms with Crippen molar-refractivity contribution < 1.29 is 17.9 Å². The number of hydrogen-bond acceptors (Lipinski definition) is 3. The van der Waals surface area contributed by atoms with Crippen molar-refractivity contribution in [3.63, 3.8) is 0 Å². The number of aromatic nitrogens is 3. The molecular formula is C12H10BrClF3N3O. The average molecular weight is 385 g/mol. The SMILES string of the molecule is CC(C)c1nnc(Cl)n1-c1ccc(OC(F)(F)F)c(Br)c1. The molecule has 0 spiro atoms. The Balaban J connectivity index is 2.44. The van der Waals surface area contributed by atoms with Crippen LogP contribution in [-0.2, 0) is 0 Å². The summed E-state index contributed by atoms with van der Waals surface area (Å²) in [6, 6.07) is 4.11. The maximum atomic E-state index is 12.2. The van der Waals surface area contributed by atoms with Gasteiger partial charge < -0.3 is 4.74 Å². The number of nitrogens with zero attached hydrogens (tertiary/aromatic N) is 3. The van der Waals surface area contributed by atoms with Crippen molar-refractivity contribution in [3.05, 3.63) is 33.8 Å². The van der Waals surface area contributed by atoms with E-state index in [0.717, 1.165) is 0 Å². The van der Waals surface area contributed by atoms with Crippen molar-refractivity contribution in [2.45, 2.75) is 26.1 Å². The van der Waals surface area contributed by atoms with Gasteiger partial charge in [-0.05, 0) is 45.7 Å². The largest absolute Gasteiger partial charge is 0.573 e. The molecule has 0 saturated carbocycles. The lowest BCUT2D eigenvalue weighted by Gasteiger charge is -2.14. The molecule has 0 N–H and O–H groups in total. The maximum absolute atomic E-state index is 12.2. The molecule has 4 nitrogen and oxygen atoms in total. The van der Waals surface area contributed by atoms with E-state index in [-0.39, 0.29) is 21.4 Å². The van der Waals surface area contributed by atoms with E-state index in [0.29, 0.717) is 11.5 Å². The van der Waals surface area contributed by atoms with Gasteiger partial charge in [0.2, 0.25) is 5.28 Å². The zero-order chi connectivity index (χ0) is 15.8. The number of alkyl halides is 3. The number of halogens is 5. The zero-order valence-corrected chi connectivity index (χ0v) is 13.3. The van der Waals surface area contributed by atoms with E-state index in [1.165, 1.54) is 18.2 Å². The highest BCUT2D eigenvalue weighted by Gasteiger charge is 2.32. The fourth-order valence-electron chi connectivity index (χ4n) is 1.73. The van der Waals surface area contributed by atoms with E-state index < -0.39 is 6.36 Å². The minimum Gasteiger partial charge on any atom is -0.405 e. The van der Waals surface area contributed by atoms with Gasteiger partial charge in [0.25, 0.3) is 0 Å². The predicted molar refractivity (Wildman–Crippen MR) is 74.8 cm³/mol. The van der Waals surface area contributed by atoms with Crippen molar-refractivity contribution in [2.24, 2.45) is 0 Å². The number of rotatable bonds is 3. The molecule has 0 aliphatic heterocycles. The highest BCUT2D eigenvalue weighted by Crippen LogP contribution is 2.33. The van der Waals surface area contributed by atoms with E-state index >= 15 is 0 Å². The Morgan fingerprint density at radius 2 is 1.95 bits per heavy atom. The Labute approximate surface area is 132 Å². The monoisotopic (exact) mass is 383 g/mol. The molecular weight excluding hydrogens is 375 g/mol. The van der Waals surface area contributed by atoms with Crippen molar-refractivity contribution in [2.75, 3.05) is 0 Å². The second-order valence-electron chi connectivity index (χ2n) is 4.48. The molecule has 0 fully saturated rings. The summed E-state index contributed by atoms with van der Waals surface area (Å²) < 4.78 is 42.3. The molecule has 1 heterocycles. The van der Waals surface area contributed by atoms with Gasteiger partial charge in [0.05, 0.1) is 10.2 Å². The maximum Gasteiger partial charge on any atom is 0.573 e.